The molecule has 0 spiro atoms. The van der Waals surface area contributed by atoms with Crippen molar-refractivity contribution in [3.8, 4) is 0 Å². The number of hydrogen-bond donors (Lipinski definition) is 1. The molecule has 11 heteroatoms. The zero-order valence-corrected chi connectivity index (χ0v) is 19.1. The molecule has 0 radical (unpaired) electrons. The molecule has 0 saturated carbocycles. The predicted octanol–water partition coefficient (Wildman–Crippen LogP) is 3.93. The Bertz CT molecular complexity index is 1150. The lowest BCUT2D eigenvalue weighted by Gasteiger charge is -2.34. The minimum absolute atomic E-state index is 0.0941. The third-order valence-electron chi connectivity index (χ3n) is 5.44. The highest BCUT2D eigenvalue weighted by Crippen LogP contribution is 2.31. The first-order valence-corrected chi connectivity index (χ1v) is 13.1. The zero-order valence-electron chi connectivity index (χ0n) is 17.5. The van der Waals surface area contributed by atoms with Crippen molar-refractivity contribution in [3.63, 3.8) is 0 Å². The fraction of sp³-hybridized carbons (Fsp3) is 0.429. The number of alkyl halides is 3. The second-order valence-electron chi connectivity index (χ2n) is 7.79. The van der Waals surface area contributed by atoms with E-state index in [4.69, 9.17) is 0 Å². The highest BCUT2D eigenvalue weighted by Gasteiger charge is 2.34. The van der Waals surface area contributed by atoms with Gasteiger partial charge in [-0.3, -0.25) is 0 Å². The number of nitrogens with zero attached hydrogens (tertiary/aromatic N) is 1. The average molecular weight is 491 g/mol. The smallest absolute Gasteiger partial charge is 0.211 e. The molecular weight excluding hydrogens is 465 g/mol. The number of nitrogens with one attached hydrogen (secondary N) is 1. The summed E-state index contributed by atoms with van der Waals surface area (Å²) in [6, 6.07) is 9.63. The van der Waals surface area contributed by atoms with Gasteiger partial charge in [-0.05, 0) is 56.5 Å². The van der Waals surface area contributed by atoms with Crippen LogP contribution in [0.4, 0.5) is 13.2 Å². The van der Waals surface area contributed by atoms with Crippen LogP contribution in [-0.4, -0.2) is 40.3 Å². The molecule has 32 heavy (non-hydrogen) atoms. The summed E-state index contributed by atoms with van der Waals surface area (Å²) in [7, 11) is -7.91. The van der Waals surface area contributed by atoms with E-state index in [0.717, 1.165) is 30.2 Å². The number of benzene rings is 2. The van der Waals surface area contributed by atoms with Crippen molar-refractivity contribution in [2.45, 2.75) is 54.6 Å². The normalized spacial score (nSPS) is 18.6. The van der Waals surface area contributed by atoms with Crippen molar-refractivity contribution in [2.24, 2.45) is 0 Å². The van der Waals surface area contributed by atoms with Gasteiger partial charge in [0.05, 0.1) is 15.4 Å². The lowest BCUT2D eigenvalue weighted by atomic mass is 10.0. The van der Waals surface area contributed by atoms with Crippen molar-refractivity contribution in [1.29, 1.82) is 0 Å². The molecule has 6 nitrogen and oxygen atoms in total. The van der Waals surface area contributed by atoms with E-state index in [2.05, 4.69) is 4.72 Å². The summed E-state index contributed by atoms with van der Waals surface area (Å²) in [5.74, 6) is 0. The van der Waals surface area contributed by atoms with Crippen molar-refractivity contribution in [1.82, 2.24) is 9.03 Å². The average Bonchev–Trinajstić information content (AvgIpc) is 2.74. The Morgan fingerprint density at radius 3 is 2.34 bits per heavy atom. The number of piperidine rings is 1. The minimum Gasteiger partial charge on any atom is -0.211 e. The molecule has 1 fully saturated rings. The quantitative estimate of drug-likeness (QED) is 0.638. The first-order chi connectivity index (χ1) is 14.9. The van der Waals surface area contributed by atoms with Crippen LogP contribution in [0.25, 0.3) is 0 Å². The molecule has 0 bridgehead atoms. The maximum atomic E-state index is 13.1. The van der Waals surface area contributed by atoms with E-state index < -0.39 is 42.7 Å². The molecule has 1 unspecified atom stereocenters. The van der Waals surface area contributed by atoms with Crippen LogP contribution in [0.5, 0.6) is 0 Å². The van der Waals surface area contributed by atoms with E-state index in [0.29, 0.717) is 25.5 Å². The summed E-state index contributed by atoms with van der Waals surface area (Å²) in [6.07, 6.45) is -2.35. The Morgan fingerprint density at radius 2 is 1.69 bits per heavy atom. The molecule has 2 aromatic rings. The number of hydrogen-bond acceptors (Lipinski definition) is 4. The molecule has 1 aliphatic heterocycles. The summed E-state index contributed by atoms with van der Waals surface area (Å²) in [5, 5.41) is 0. The molecule has 2 aromatic carbocycles. The minimum atomic E-state index is -4.65. The Balaban J connectivity index is 1.70. The van der Waals surface area contributed by atoms with Crippen LogP contribution in [0.3, 0.4) is 0 Å². The number of sulfonamides is 2. The third-order valence-corrected chi connectivity index (χ3v) is 8.87. The van der Waals surface area contributed by atoms with Gasteiger partial charge < -0.3 is 0 Å². The molecule has 1 aliphatic rings. The molecule has 1 N–H and O–H groups in total. The van der Waals surface area contributed by atoms with Gasteiger partial charge in [-0.15, -0.1) is 0 Å². The van der Waals surface area contributed by atoms with E-state index in [1.807, 2.05) is 6.92 Å². The molecule has 0 amide bonds. The number of halogens is 3. The molecule has 1 saturated heterocycles. The Morgan fingerprint density at radius 1 is 1.00 bits per heavy atom. The number of aryl methyl sites for hydroxylation is 1. The van der Waals surface area contributed by atoms with Gasteiger partial charge in [0.1, 0.15) is 0 Å². The lowest BCUT2D eigenvalue weighted by Crippen LogP contribution is -2.45. The predicted molar refractivity (Wildman–Crippen MR) is 114 cm³/mol. The van der Waals surface area contributed by atoms with Gasteiger partial charge in [-0.2, -0.15) is 17.5 Å². The first kappa shape index (κ1) is 24.7. The van der Waals surface area contributed by atoms with E-state index in [9.17, 15) is 30.0 Å². The maximum Gasteiger partial charge on any atom is 0.416 e. The molecule has 0 aromatic heterocycles. The van der Waals surface area contributed by atoms with Gasteiger partial charge in [-0.1, -0.05) is 30.2 Å². The van der Waals surface area contributed by atoms with Gasteiger partial charge in [-0.25, -0.2) is 21.6 Å². The molecule has 0 aliphatic carbocycles. The van der Waals surface area contributed by atoms with E-state index >= 15 is 0 Å². The van der Waals surface area contributed by atoms with Gasteiger partial charge in [0, 0.05) is 19.1 Å². The summed E-state index contributed by atoms with van der Waals surface area (Å²) < 4.78 is 93.5. The van der Waals surface area contributed by atoms with Crippen molar-refractivity contribution in [3.05, 3.63) is 59.7 Å². The monoisotopic (exact) mass is 490 g/mol. The third kappa shape index (κ3) is 5.69. The molecular formula is C21H25F3N2O4S2. The SMILES string of the molecule is Cc1ccc(S(=O)(=O)N2CCCCC2CCNS(=O)(=O)c2cccc(C(F)(F)F)c2)cc1. The summed E-state index contributed by atoms with van der Waals surface area (Å²) in [5.41, 5.74) is -0.119. The molecule has 3 rings (SSSR count). The van der Waals surface area contributed by atoms with Crippen molar-refractivity contribution >= 4 is 20.0 Å². The standard InChI is InChI=1S/C21H25F3N2O4S2/c1-16-8-10-19(11-9-16)32(29,30)26-14-3-2-6-18(26)12-13-25-31(27,28)20-7-4-5-17(15-20)21(22,23)24/h4-5,7-11,15,18,25H,2-3,6,12-14H2,1H3. The Labute approximate surface area is 186 Å². The second kappa shape index (κ2) is 9.50. The fourth-order valence-electron chi connectivity index (χ4n) is 3.71. The zero-order chi connectivity index (χ0) is 23.6. The topological polar surface area (TPSA) is 83.6 Å². The van der Waals surface area contributed by atoms with E-state index in [1.165, 1.54) is 4.31 Å². The highest BCUT2D eigenvalue weighted by atomic mass is 32.2. The van der Waals surface area contributed by atoms with E-state index in [1.54, 1.807) is 24.3 Å². The maximum absolute atomic E-state index is 13.1. The first-order valence-electron chi connectivity index (χ1n) is 10.2. The Kier molecular flexibility index (Phi) is 7.33. The van der Waals surface area contributed by atoms with Crippen molar-refractivity contribution in [2.75, 3.05) is 13.1 Å². The van der Waals surface area contributed by atoms with Gasteiger partial charge in [0.15, 0.2) is 0 Å². The van der Waals surface area contributed by atoms with Crippen molar-refractivity contribution < 1.29 is 30.0 Å². The second-order valence-corrected chi connectivity index (χ2v) is 11.4. The van der Waals surface area contributed by atoms with Crippen LogP contribution in [-0.2, 0) is 26.2 Å². The lowest BCUT2D eigenvalue weighted by molar-refractivity contribution is -0.137. The van der Waals surface area contributed by atoms with Crippen LogP contribution >= 0.6 is 0 Å². The van der Waals surface area contributed by atoms with Crippen LogP contribution in [0.2, 0.25) is 0 Å². The highest BCUT2D eigenvalue weighted by molar-refractivity contribution is 7.89. The number of rotatable bonds is 7. The van der Waals surface area contributed by atoms with Gasteiger partial charge in [0.2, 0.25) is 20.0 Å². The van der Waals surface area contributed by atoms with Gasteiger partial charge >= 0.3 is 6.18 Å². The summed E-state index contributed by atoms with van der Waals surface area (Å²) >= 11 is 0. The van der Waals surface area contributed by atoms with Crippen LogP contribution in [0.1, 0.15) is 36.8 Å². The molecule has 1 atom stereocenters. The summed E-state index contributed by atoms with van der Waals surface area (Å²) in [6.45, 7) is 2.10. The van der Waals surface area contributed by atoms with Crippen LogP contribution in [0.15, 0.2) is 58.3 Å². The van der Waals surface area contributed by atoms with Gasteiger partial charge in [0.25, 0.3) is 0 Å². The van der Waals surface area contributed by atoms with Crippen LogP contribution in [0, 0.1) is 6.92 Å². The molecule has 1 heterocycles. The molecule has 176 valence electrons. The van der Waals surface area contributed by atoms with E-state index in [-0.39, 0.29) is 17.9 Å². The Hall–Kier alpha value is -1.95. The largest absolute Gasteiger partial charge is 0.416 e. The van der Waals surface area contributed by atoms with Crippen LogP contribution < -0.4 is 4.72 Å². The fourth-order valence-corrected chi connectivity index (χ4v) is 6.52. The summed E-state index contributed by atoms with van der Waals surface area (Å²) in [4.78, 5) is -0.306.